The van der Waals surface area contributed by atoms with Gasteiger partial charge in [0.2, 0.25) is 0 Å². The highest BCUT2D eigenvalue weighted by Gasteiger charge is 2.38. The van der Waals surface area contributed by atoms with Gasteiger partial charge in [-0.05, 0) is 25.0 Å². The third-order valence-electron chi connectivity index (χ3n) is 5.21. The lowest BCUT2D eigenvalue weighted by atomic mass is 10.1. The molecule has 3 rings (SSSR count). The zero-order valence-electron chi connectivity index (χ0n) is 17.7. The minimum atomic E-state index is -0.797. The molecule has 1 aliphatic rings. The van der Waals surface area contributed by atoms with Crippen LogP contribution in [-0.4, -0.2) is 60.1 Å². The molecule has 2 aromatic rings. The van der Waals surface area contributed by atoms with Crippen LogP contribution in [0, 0.1) is 0 Å². The number of carbonyl (C=O) groups excluding carboxylic acids is 2. The lowest BCUT2D eigenvalue weighted by Crippen LogP contribution is -2.62. The summed E-state index contributed by atoms with van der Waals surface area (Å²) in [5.74, 6) is -1.38. The smallest absolute Gasteiger partial charge is 0.397 e. The molecule has 0 bridgehead atoms. The summed E-state index contributed by atoms with van der Waals surface area (Å²) in [6.07, 6.45) is 0. The number of hydrogen-bond donors (Lipinski definition) is 0. The zero-order valence-corrected chi connectivity index (χ0v) is 17.7. The molecule has 2 aromatic carbocycles. The van der Waals surface area contributed by atoms with Gasteiger partial charge in [0.05, 0.1) is 25.9 Å². The molecule has 0 aromatic heterocycles. The van der Waals surface area contributed by atoms with Gasteiger partial charge in [-0.15, -0.1) is 0 Å². The highest BCUT2D eigenvalue weighted by molar-refractivity contribution is 6.32. The maximum absolute atomic E-state index is 12.8. The van der Waals surface area contributed by atoms with Crippen molar-refractivity contribution in [2.45, 2.75) is 39.1 Å². The molecule has 0 spiro atoms. The van der Waals surface area contributed by atoms with Crippen LogP contribution >= 0.6 is 0 Å². The fourth-order valence-electron chi connectivity index (χ4n) is 3.94. The van der Waals surface area contributed by atoms with Crippen molar-refractivity contribution in [1.29, 1.82) is 0 Å². The molecular formula is C24H30N2O4. The summed E-state index contributed by atoms with van der Waals surface area (Å²) in [4.78, 5) is 28.9. The molecule has 160 valence electrons. The van der Waals surface area contributed by atoms with Gasteiger partial charge in [0.15, 0.2) is 0 Å². The minimum absolute atomic E-state index is 0.121. The van der Waals surface area contributed by atoms with Gasteiger partial charge < -0.3 is 14.4 Å². The van der Waals surface area contributed by atoms with Gasteiger partial charge in [-0.25, -0.2) is 4.79 Å². The van der Waals surface area contributed by atoms with Crippen LogP contribution in [-0.2, 0) is 32.2 Å². The van der Waals surface area contributed by atoms with Gasteiger partial charge in [-0.1, -0.05) is 60.7 Å². The van der Waals surface area contributed by atoms with E-state index in [9.17, 15) is 9.59 Å². The van der Waals surface area contributed by atoms with Gasteiger partial charge in [0.25, 0.3) is 0 Å². The molecule has 0 saturated carbocycles. The highest BCUT2D eigenvalue weighted by Crippen LogP contribution is 2.20. The topological polar surface area (TPSA) is 59.1 Å². The molecule has 1 aliphatic heterocycles. The predicted molar refractivity (Wildman–Crippen MR) is 115 cm³/mol. The van der Waals surface area contributed by atoms with Crippen LogP contribution in [0.15, 0.2) is 60.7 Å². The number of hydrogen-bond acceptors (Lipinski definition) is 5. The van der Waals surface area contributed by atoms with Crippen LogP contribution < -0.4 is 0 Å². The summed E-state index contributed by atoms with van der Waals surface area (Å²) in [7, 11) is 0. The number of rotatable bonds is 7. The van der Waals surface area contributed by atoms with Gasteiger partial charge in [-0.3, -0.25) is 9.69 Å². The van der Waals surface area contributed by atoms with Crippen molar-refractivity contribution in [3.05, 3.63) is 71.8 Å². The quantitative estimate of drug-likeness (QED) is 0.519. The number of carbonyl (C=O) groups is 2. The van der Waals surface area contributed by atoms with Crippen molar-refractivity contribution < 1.29 is 19.1 Å². The standard InChI is InChI=1S/C24H30N2O4/c1-3-30-24(28)23(27)26-19(2)14-25(15-20-10-6-4-7-11-20)16-22(26)18-29-17-21-12-8-5-9-13-21/h4-13,19,22H,3,14-18H2,1-2H3/t19-,22+/m0/s1. The third kappa shape index (κ3) is 5.90. The van der Waals surface area contributed by atoms with Gasteiger partial charge >= 0.3 is 11.9 Å². The zero-order chi connectivity index (χ0) is 21.3. The molecule has 2 atom stereocenters. The number of benzene rings is 2. The van der Waals surface area contributed by atoms with Crippen LogP contribution in [0.2, 0.25) is 0 Å². The molecule has 1 amide bonds. The summed E-state index contributed by atoms with van der Waals surface area (Å²) in [6, 6.07) is 19.8. The molecule has 1 fully saturated rings. The summed E-state index contributed by atoms with van der Waals surface area (Å²) < 4.78 is 10.9. The van der Waals surface area contributed by atoms with E-state index in [4.69, 9.17) is 9.47 Å². The second kappa shape index (κ2) is 10.9. The molecule has 0 radical (unpaired) electrons. The summed E-state index contributed by atoms with van der Waals surface area (Å²) in [5.41, 5.74) is 2.30. The minimum Gasteiger partial charge on any atom is -0.459 e. The van der Waals surface area contributed by atoms with Gasteiger partial charge in [0.1, 0.15) is 0 Å². The Hall–Kier alpha value is -2.70. The Bertz CT molecular complexity index is 812. The van der Waals surface area contributed by atoms with E-state index in [0.29, 0.717) is 26.3 Å². The first-order valence-electron chi connectivity index (χ1n) is 10.5. The molecule has 6 nitrogen and oxygen atoms in total. The molecular weight excluding hydrogens is 380 g/mol. The fourth-order valence-corrected chi connectivity index (χ4v) is 3.94. The Morgan fingerprint density at radius 3 is 2.23 bits per heavy atom. The van der Waals surface area contributed by atoms with E-state index in [0.717, 1.165) is 12.1 Å². The maximum atomic E-state index is 12.8. The van der Waals surface area contributed by atoms with Crippen LogP contribution in [0.25, 0.3) is 0 Å². The molecule has 0 aliphatic carbocycles. The molecule has 1 saturated heterocycles. The lowest BCUT2D eigenvalue weighted by molar-refractivity contribution is -0.165. The van der Waals surface area contributed by atoms with Crippen molar-refractivity contribution in [3.8, 4) is 0 Å². The second-order valence-electron chi connectivity index (χ2n) is 7.62. The third-order valence-corrected chi connectivity index (χ3v) is 5.21. The van der Waals surface area contributed by atoms with Crippen LogP contribution in [0.1, 0.15) is 25.0 Å². The molecule has 30 heavy (non-hydrogen) atoms. The predicted octanol–water partition coefficient (Wildman–Crippen LogP) is 2.87. The van der Waals surface area contributed by atoms with Crippen molar-refractivity contribution in [2.75, 3.05) is 26.3 Å². The Morgan fingerprint density at radius 1 is 0.967 bits per heavy atom. The van der Waals surface area contributed by atoms with Gasteiger partial charge in [0, 0.05) is 25.7 Å². The highest BCUT2D eigenvalue weighted by atomic mass is 16.5. The molecule has 0 N–H and O–H groups in total. The Labute approximate surface area is 178 Å². The number of amides is 1. The SMILES string of the molecule is CCOC(=O)C(=O)N1[C@@H](COCc2ccccc2)CN(Cc2ccccc2)C[C@@H]1C. The first-order valence-corrected chi connectivity index (χ1v) is 10.5. The Kier molecular flexibility index (Phi) is 7.99. The monoisotopic (exact) mass is 410 g/mol. The second-order valence-corrected chi connectivity index (χ2v) is 7.62. The number of ether oxygens (including phenoxy) is 2. The first kappa shape index (κ1) is 22.0. The Morgan fingerprint density at radius 2 is 1.60 bits per heavy atom. The van der Waals surface area contributed by atoms with E-state index in [1.807, 2.05) is 55.5 Å². The van der Waals surface area contributed by atoms with Crippen LogP contribution in [0.3, 0.4) is 0 Å². The number of piperazine rings is 1. The van der Waals surface area contributed by atoms with Crippen molar-refractivity contribution >= 4 is 11.9 Å². The molecule has 0 unspecified atom stereocenters. The molecule has 6 heteroatoms. The van der Waals surface area contributed by atoms with E-state index >= 15 is 0 Å². The normalized spacial score (nSPS) is 19.5. The maximum Gasteiger partial charge on any atom is 0.397 e. The van der Waals surface area contributed by atoms with Crippen LogP contribution in [0.4, 0.5) is 0 Å². The van der Waals surface area contributed by atoms with Gasteiger partial charge in [-0.2, -0.15) is 0 Å². The fraction of sp³-hybridized carbons (Fsp3) is 0.417. The first-order chi connectivity index (χ1) is 14.6. The average molecular weight is 411 g/mol. The van der Waals surface area contributed by atoms with E-state index in [-0.39, 0.29) is 18.7 Å². The largest absolute Gasteiger partial charge is 0.459 e. The molecule has 1 heterocycles. The van der Waals surface area contributed by atoms with Crippen molar-refractivity contribution in [1.82, 2.24) is 9.80 Å². The van der Waals surface area contributed by atoms with Crippen LogP contribution in [0.5, 0.6) is 0 Å². The summed E-state index contributed by atoms with van der Waals surface area (Å²) >= 11 is 0. The number of esters is 1. The van der Waals surface area contributed by atoms with E-state index < -0.39 is 11.9 Å². The van der Waals surface area contributed by atoms with E-state index in [1.54, 1.807) is 11.8 Å². The summed E-state index contributed by atoms with van der Waals surface area (Å²) in [5, 5.41) is 0. The lowest BCUT2D eigenvalue weighted by Gasteiger charge is -2.45. The van der Waals surface area contributed by atoms with E-state index in [2.05, 4.69) is 17.0 Å². The van der Waals surface area contributed by atoms with Crippen molar-refractivity contribution in [2.24, 2.45) is 0 Å². The number of nitrogens with zero attached hydrogens (tertiary/aromatic N) is 2. The average Bonchev–Trinajstić information content (AvgIpc) is 2.75. The summed E-state index contributed by atoms with van der Waals surface area (Å²) in [6.45, 7) is 6.80. The van der Waals surface area contributed by atoms with E-state index in [1.165, 1.54) is 5.56 Å². The van der Waals surface area contributed by atoms with Crippen molar-refractivity contribution in [3.63, 3.8) is 0 Å². The Balaban J connectivity index is 1.69.